The second-order valence-electron chi connectivity index (χ2n) is 4.38. The highest BCUT2D eigenvalue weighted by atomic mass is 32.1. The van der Waals surface area contributed by atoms with Crippen molar-refractivity contribution in [3.63, 3.8) is 0 Å². The van der Waals surface area contributed by atoms with E-state index in [0.29, 0.717) is 19.1 Å². The van der Waals surface area contributed by atoms with E-state index >= 15 is 0 Å². The number of hydrogen-bond donors (Lipinski definition) is 1. The summed E-state index contributed by atoms with van der Waals surface area (Å²) in [5, 5.41) is 1.02. The summed E-state index contributed by atoms with van der Waals surface area (Å²) < 4.78 is 5.48. The van der Waals surface area contributed by atoms with Crippen molar-refractivity contribution in [3.05, 3.63) is 16.1 Å². The highest BCUT2D eigenvalue weighted by Crippen LogP contribution is 2.14. The zero-order chi connectivity index (χ0) is 13.0. The molecule has 100 valence electrons. The van der Waals surface area contributed by atoms with E-state index in [1.807, 2.05) is 13.1 Å². The van der Waals surface area contributed by atoms with E-state index < -0.39 is 0 Å². The number of thiazole rings is 1. The van der Waals surface area contributed by atoms with Gasteiger partial charge in [0, 0.05) is 24.2 Å². The van der Waals surface area contributed by atoms with E-state index in [-0.39, 0.29) is 6.10 Å². The Balaban J connectivity index is 1.91. The van der Waals surface area contributed by atoms with Crippen LogP contribution in [0.25, 0.3) is 0 Å². The lowest BCUT2D eigenvalue weighted by atomic mass is 10.3. The van der Waals surface area contributed by atoms with Crippen LogP contribution in [0, 0.1) is 0 Å². The Morgan fingerprint density at radius 1 is 1.72 bits per heavy atom. The molecule has 2 heterocycles. The van der Waals surface area contributed by atoms with Gasteiger partial charge in [0.15, 0.2) is 5.96 Å². The molecular weight excluding hydrogens is 248 g/mol. The number of ether oxygens (including phenoxy) is 1. The van der Waals surface area contributed by atoms with Crippen molar-refractivity contribution in [2.75, 3.05) is 19.7 Å². The average molecular weight is 268 g/mol. The first kappa shape index (κ1) is 13.3. The van der Waals surface area contributed by atoms with Gasteiger partial charge in [-0.1, -0.05) is 6.92 Å². The predicted octanol–water partition coefficient (Wildman–Crippen LogP) is 1.24. The molecule has 0 spiro atoms. The zero-order valence-corrected chi connectivity index (χ0v) is 11.7. The van der Waals surface area contributed by atoms with Gasteiger partial charge in [0.1, 0.15) is 5.01 Å². The molecule has 0 aromatic carbocycles. The Bertz CT molecular complexity index is 418. The quantitative estimate of drug-likeness (QED) is 0.662. The minimum Gasteiger partial charge on any atom is -0.375 e. The minimum atomic E-state index is 0.221. The predicted molar refractivity (Wildman–Crippen MR) is 73.8 cm³/mol. The number of nitrogens with two attached hydrogens (primary N) is 1. The van der Waals surface area contributed by atoms with Gasteiger partial charge in [0.25, 0.3) is 0 Å². The molecule has 2 N–H and O–H groups in total. The molecular formula is C12H20N4OS. The Morgan fingerprint density at radius 2 is 2.56 bits per heavy atom. The van der Waals surface area contributed by atoms with Gasteiger partial charge < -0.3 is 15.4 Å². The largest absolute Gasteiger partial charge is 0.375 e. The van der Waals surface area contributed by atoms with E-state index in [0.717, 1.165) is 24.5 Å². The molecule has 0 amide bonds. The third-order valence-electron chi connectivity index (χ3n) is 2.89. The van der Waals surface area contributed by atoms with Crippen LogP contribution in [-0.4, -0.2) is 41.6 Å². The topological polar surface area (TPSA) is 63.7 Å². The Kier molecular flexibility index (Phi) is 4.54. The summed E-state index contributed by atoms with van der Waals surface area (Å²) in [5.41, 5.74) is 6.00. The van der Waals surface area contributed by atoms with E-state index in [1.165, 1.54) is 4.88 Å². The van der Waals surface area contributed by atoms with Crippen LogP contribution in [0.1, 0.15) is 23.7 Å². The fourth-order valence-corrected chi connectivity index (χ4v) is 2.65. The van der Waals surface area contributed by atoms with Gasteiger partial charge in [0.2, 0.25) is 0 Å². The molecule has 1 atom stereocenters. The van der Waals surface area contributed by atoms with Crippen LogP contribution in [-0.2, 0) is 17.7 Å². The first-order chi connectivity index (χ1) is 8.69. The first-order valence-corrected chi connectivity index (χ1v) is 7.10. The molecule has 1 aromatic heterocycles. The Labute approximate surface area is 112 Å². The summed E-state index contributed by atoms with van der Waals surface area (Å²) in [4.78, 5) is 12.1. The molecule has 0 bridgehead atoms. The van der Waals surface area contributed by atoms with Crippen molar-refractivity contribution < 1.29 is 4.74 Å². The maximum atomic E-state index is 6.00. The lowest BCUT2D eigenvalue weighted by Crippen LogP contribution is -2.47. The molecule has 1 aromatic rings. The van der Waals surface area contributed by atoms with E-state index in [4.69, 9.17) is 10.5 Å². The van der Waals surface area contributed by atoms with Gasteiger partial charge in [-0.3, -0.25) is 0 Å². The number of morpholine rings is 1. The SMILES string of the molecule is CCc1cnc(CN=C(N)N2CCOC(C)C2)s1. The summed E-state index contributed by atoms with van der Waals surface area (Å²) in [5.74, 6) is 0.596. The lowest BCUT2D eigenvalue weighted by molar-refractivity contribution is 0.00529. The van der Waals surface area contributed by atoms with Crippen LogP contribution in [0.3, 0.4) is 0 Å². The molecule has 1 unspecified atom stereocenters. The molecule has 0 aliphatic carbocycles. The molecule has 6 heteroatoms. The van der Waals surface area contributed by atoms with Crippen LogP contribution in [0.4, 0.5) is 0 Å². The highest BCUT2D eigenvalue weighted by Gasteiger charge is 2.17. The fourth-order valence-electron chi connectivity index (χ4n) is 1.86. The maximum Gasteiger partial charge on any atom is 0.191 e. The fraction of sp³-hybridized carbons (Fsp3) is 0.667. The molecule has 1 aliphatic rings. The van der Waals surface area contributed by atoms with Gasteiger partial charge in [-0.15, -0.1) is 11.3 Å². The van der Waals surface area contributed by atoms with Gasteiger partial charge in [-0.05, 0) is 13.3 Å². The number of guanidine groups is 1. The molecule has 1 saturated heterocycles. The second kappa shape index (κ2) is 6.15. The number of nitrogens with zero attached hydrogens (tertiary/aromatic N) is 3. The molecule has 0 saturated carbocycles. The molecule has 1 fully saturated rings. The van der Waals surface area contributed by atoms with Gasteiger partial charge in [0.05, 0.1) is 19.3 Å². The Hall–Kier alpha value is -1.14. The molecule has 5 nitrogen and oxygen atoms in total. The standard InChI is InChI=1S/C12H20N4OS/c1-3-10-6-14-11(18-10)7-15-12(13)16-4-5-17-9(2)8-16/h6,9H,3-5,7-8H2,1-2H3,(H2,13,15). The first-order valence-electron chi connectivity index (χ1n) is 6.29. The van der Waals surface area contributed by atoms with Crippen molar-refractivity contribution in [2.45, 2.75) is 32.9 Å². The highest BCUT2D eigenvalue weighted by molar-refractivity contribution is 7.11. The van der Waals surface area contributed by atoms with Crippen molar-refractivity contribution in [3.8, 4) is 0 Å². The van der Waals surface area contributed by atoms with Crippen LogP contribution in [0.5, 0.6) is 0 Å². The van der Waals surface area contributed by atoms with Crippen LogP contribution < -0.4 is 5.73 Å². The van der Waals surface area contributed by atoms with E-state index in [1.54, 1.807) is 11.3 Å². The number of aromatic nitrogens is 1. The van der Waals surface area contributed by atoms with Crippen molar-refractivity contribution >= 4 is 17.3 Å². The smallest absolute Gasteiger partial charge is 0.191 e. The third kappa shape index (κ3) is 3.43. The summed E-state index contributed by atoms with van der Waals surface area (Å²) >= 11 is 1.71. The summed E-state index contributed by atoms with van der Waals surface area (Å²) in [6.07, 6.45) is 3.17. The summed E-state index contributed by atoms with van der Waals surface area (Å²) in [7, 11) is 0. The third-order valence-corrected chi connectivity index (χ3v) is 4.02. The maximum absolute atomic E-state index is 6.00. The van der Waals surface area contributed by atoms with Gasteiger partial charge in [-0.25, -0.2) is 9.98 Å². The number of aryl methyl sites for hydroxylation is 1. The average Bonchev–Trinajstić information content (AvgIpc) is 2.84. The Morgan fingerprint density at radius 3 is 3.22 bits per heavy atom. The summed E-state index contributed by atoms with van der Waals surface area (Å²) in [6.45, 7) is 7.10. The molecule has 2 rings (SSSR count). The van der Waals surface area contributed by atoms with E-state index in [2.05, 4.69) is 21.8 Å². The van der Waals surface area contributed by atoms with Crippen LogP contribution >= 0.6 is 11.3 Å². The molecule has 1 aliphatic heterocycles. The lowest BCUT2D eigenvalue weighted by Gasteiger charge is -2.31. The van der Waals surface area contributed by atoms with Crippen molar-refractivity contribution in [2.24, 2.45) is 10.7 Å². The monoisotopic (exact) mass is 268 g/mol. The minimum absolute atomic E-state index is 0.221. The number of aliphatic imine (C=N–C) groups is 1. The second-order valence-corrected chi connectivity index (χ2v) is 5.58. The van der Waals surface area contributed by atoms with Crippen LogP contribution in [0.2, 0.25) is 0 Å². The normalized spacial score (nSPS) is 21.3. The van der Waals surface area contributed by atoms with E-state index in [9.17, 15) is 0 Å². The molecule has 18 heavy (non-hydrogen) atoms. The summed E-state index contributed by atoms with van der Waals surface area (Å²) in [6, 6.07) is 0. The van der Waals surface area contributed by atoms with Gasteiger partial charge >= 0.3 is 0 Å². The molecule has 0 radical (unpaired) electrons. The number of rotatable bonds is 3. The van der Waals surface area contributed by atoms with Crippen LogP contribution in [0.15, 0.2) is 11.2 Å². The van der Waals surface area contributed by atoms with Gasteiger partial charge in [-0.2, -0.15) is 0 Å². The van der Waals surface area contributed by atoms with Crippen molar-refractivity contribution in [1.82, 2.24) is 9.88 Å². The zero-order valence-electron chi connectivity index (χ0n) is 10.9. The number of hydrogen-bond acceptors (Lipinski definition) is 4. The van der Waals surface area contributed by atoms with Crippen molar-refractivity contribution in [1.29, 1.82) is 0 Å².